The van der Waals surface area contributed by atoms with Crippen LogP contribution in [0.5, 0.6) is 0 Å². The molecule has 0 radical (unpaired) electrons. The fraction of sp³-hybridized carbons (Fsp3) is 0.125. The molecule has 0 atom stereocenters. The standard InChI is InChI=1S/C16H15Cl2N3O/c1-3-7-21(8-4-2)11-12(10-19)16(22)20-15-9-13(17)5-6-14(15)18/h3-6,9,11H,1-2,7-8H2,(H,20,22)/b12-11-. The van der Waals surface area contributed by atoms with Crippen LogP contribution in [-0.4, -0.2) is 23.9 Å². The first-order valence-electron chi connectivity index (χ1n) is 6.36. The number of anilines is 1. The van der Waals surface area contributed by atoms with Crippen LogP contribution in [0.4, 0.5) is 5.69 Å². The van der Waals surface area contributed by atoms with Crippen molar-refractivity contribution in [1.82, 2.24) is 4.90 Å². The van der Waals surface area contributed by atoms with Gasteiger partial charge in [-0.15, -0.1) is 13.2 Å². The highest BCUT2D eigenvalue weighted by molar-refractivity contribution is 6.35. The van der Waals surface area contributed by atoms with Crippen molar-refractivity contribution in [3.05, 3.63) is 65.3 Å². The van der Waals surface area contributed by atoms with Crippen LogP contribution in [0.15, 0.2) is 55.3 Å². The van der Waals surface area contributed by atoms with Crippen molar-refractivity contribution >= 4 is 34.8 Å². The molecule has 0 aliphatic rings. The first-order valence-corrected chi connectivity index (χ1v) is 7.11. The SMILES string of the molecule is C=CCN(/C=C(/C#N)C(=O)Nc1cc(Cl)ccc1Cl)CC=C. The molecular weight excluding hydrogens is 321 g/mol. The summed E-state index contributed by atoms with van der Waals surface area (Å²) in [5.41, 5.74) is 0.291. The summed E-state index contributed by atoms with van der Waals surface area (Å²) in [5, 5.41) is 12.5. The van der Waals surface area contributed by atoms with Crippen LogP contribution in [0.2, 0.25) is 10.0 Å². The van der Waals surface area contributed by atoms with Gasteiger partial charge >= 0.3 is 0 Å². The maximum absolute atomic E-state index is 12.2. The highest BCUT2D eigenvalue weighted by Crippen LogP contribution is 2.25. The summed E-state index contributed by atoms with van der Waals surface area (Å²) in [4.78, 5) is 13.9. The van der Waals surface area contributed by atoms with Crippen molar-refractivity contribution in [1.29, 1.82) is 5.26 Å². The minimum absolute atomic E-state index is 0.0558. The Labute approximate surface area is 139 Å². The molecule has 0 saturated heterocycles. The maximum Gasteiger partial charge on any atom is 0.267 e. The number of hydrogen-bond acceptors (Lipinski definition) is 3. The van der Waals surface area contributed by atoms with Gasteiger partial charge in [0.1, 0.15) is 11.6 Å². The second-order valence-corrected chi connectivity index (χ2v) is 5.11. The minimum Gasteiger partial charge on any atom is -0.369 e. The van der Waals surface area contributed by atoms with Gasteiger partial charge in [-0.25, -0.2) is 0 Å². The molecule has 4 nitrogen and oxygen atoms in total. The smallest absolute Gasteiger partial charge is 0.267 e. The maximum atomic E-state index is 12.2. The lowest BCUT2D eigenvalue weighted by Gasteiger charge is -2.16. The van der Waals surface area contributed by atoms with Crippen LogP contribution in [-0.2, 0) is 4.79 Å². The fourth-order valence-electron chi connectivity index (χ4n) is 1.62. The molecule has 0 unspecified atom stereocenters. The van der Waals surface area contributed by atoms with Crippen LogP contribution in [0.1, 0.15) is 0 Å². The summed E-state index contributed by atoms with van der Waals surface area (Å²) in [5.74, 6) is -0.565. The van der Waals surface area contributed by atoms with Gasteiger partial charge in [-0.3, -0.25) is 4.79 Å². The summed E-state index contributed by atoms with van der Waals surface area (Å²) in [6.45, 7) is 8.23. The lowest BCUT2D eigenvalue weighted by molar-refractivity contribution is -0.112. The number of halogens is 2. The number of carbonyl (C=O) groups excluding carboxylic acids is 1. The molecule has 0 aliphatic carbocycles. The largest absolute Gasteiger partial charge is 0.369 e. The van der Waals surface area contributed by atoms with Crippen LogP contribution in [0.25, 0.3) is 0 Å². The van der Waals surface area contributed by atoms with Crippen molar-refractivity contribution in [3.63, 3.8) is 0 Å². The molecule has 0 fully saturated rings. The quantitative estimate of drug-likeness (QED) is 0.465. The second kappa shape index (κ2) is 8.93. The fourth-order valence-corrected chi connectivity index (χ4v) is 1.95. The highest BCUT2D eigenvalue weighted by Gasteiger charge is 2.13. The van der Waals surface area contributed by atoms with E-state index in [1.807, 2.05) is 6.07 Å². The first kappa shape index (κ1) is 17.8. The predicted molar refractivity (Wildman–Crippen MR) is 90.8 cm³/mol. The third-order valence-corrected chi connectivity index (χ3v) is 3.15. The van der Waals surface area contributed by atoms with E-state index in [9.17, 15) is 4.79 Å². The molecular formula is C16H15Cl2N3O. The van der Waals surface area contributed by atoms with Crippen LogP contribution >= 0.6 is 23.2 Å². The molecule has 0 spiro atoms. The highest BCUT2D eigenvalue weighted by atomic mass is 35.5. The van der Waals surface area contributed by atoms with Crippen molar-refractivity contribution in [2.75, 3.05) is 18.4 Å². The zero-order valence-electron chi connectivity index (χ0n) is 11.9. The van der Waals surface area contributed by atoms with E-state index < -0.39 is 5.91 Å². The summed E-state index contributed by atoms with van der Waals surface area (Å²) in [7, 11) is 0. The molecule has 0 heterocycles. The predicted octanol–water partition coefficient (Wildman–Crippen LogP) is 4.01. The van der Waals surface area contributed by atoms with Crippen LogP contribution in [0.3, 0.4) is 0 Å². The molecule has 1 amide bonds. The van der Waals surface area contributed by atoms with E-state index in [0.29, 0.717) is 28.8 Å². The summed E-state index contributed by atoms with van der Waals surface area (Å²) >= 11 is 11.8. The number of nitrogens with one attached hydrogen (secondary N) is 1. The Morgan fingerprint density at radius 2 is 1.95 bits per heavy atom. The number of nitriles is 1. The summed E-state index contributed by atoms with van der Waals surface area (Å²) < 4.78 is 0. The Balaban J connectivity index is 2.96. The van der Waals surface area contributed by atoms with Gasteiger partial charge in [0.2, 0.25) is 0 Å². The molecule has 0 bridgehead atoms. The number of nitrogens with zero attached hydrogens (tertiary/aromatic N) is 2. The molecule has 114 valence electrons. The third kappa shape index (κ3) is 5.28. The zero-order valence-corrected chi connectivity index (χ0v) is 13.4. The van der Waals surface area contributed by atoms with E-state index in [1.165, 1.54) is 12.3 Å². The normalized spacial score (nSPS) is 10.5. The van der Waals surface area contributed by atoms with Gasteiger partial charge in [0, 0.05) is 24.3 Å². The second-order valence-electron chi connectivity index (χ2n) is 4.26. The average Bonchev–Trinajstić information content (AvgIpc) is 2.48. The summed E-state index contributed by atoms with van der Waals surface area (Å²) in [6.07, 6.45) is 4.79. The van der Waals surface area contributed by atoms with E-state index in [0.717, 1.165) is 0 Å². The molecule has 1 N–H and O–H groups in total. The number of hydrogen-bond donors (Lipinski definition) is 1. The Morgan fingerprint density at radius 1 is 1.32 bits per heavy atom. The molecule has 1 rings (SSSR count). The Morgan fingerprint density at radius 3 is 2.50 bits per heavy atom. The minimum atomic E-state index is -0.565. The number of amides is 1. The van der Waals surface area contributed by atoms with Crippen molar-refractivity contribution in [3.8, 4) is 6.07 Å². The van der Waals surface area contributed by atoms with Gasteiger partial charge in [0.05, 0.1) is 10.7 Å². The van der Waals surface area contributed by atoms with E-state index in [2.05, 4.69) is 18.5 Å². The molecule has 0 aromatic heterocycles. The third-order valence-electron chi connectivity index (χ3n) is 2.58. The number of carbonyl (C=O) groups is 1. The number of rotatable bonds is 7. The monoisotopic (exact) mass is 335 g/mol. The number of benzene rings is 1. The van der Waals surface area contributed by atoms with Gasteiger partial charge < -0.3 is 10.2 Å². The molecule has 0 aliphatic heterocycles. The lowest BCUT2D eigenvalue weighted by atomic mass is 10.2. The molecule has 1 aromatic rings. The lowest BCUT2D eigenvalue weighted by Crippen LogP contribution is -2.21. The van der Waals surface area contributed by atoms with Gasteiger partial charge in [0.25, 0.3) is 5.91 Å². The Hall–Kier alpha value is -2.22. The van der Waals surface area contributed by atoms with Gasteiger partial charge in [-0.05, 0) is 18.2 Å². The topological polar surface area (TPSA) is 56.1 Å². The molecule has 0 saturated carbocycles. The van der Waals surface area contributed by atoms with E-state index >= 15 is 0 Å². The van der Waals surface area contributed by atoms with Crippen molar-refractivity contribution in [2.45, 2.75) is 0 Å². The molecule has 1 aromatic carbocycles. The van der Waals surface area contributed by atoms with Gasteiger partial charge in [-0.1, -0.05) is 35.4 Å². The molecule has 22 heavy (non-hydrogen) atoms. The Kier molecular flexibility index (Phi) is 7.24. The van der Waals surface area contributed by atoms with E-state index in [4.69, 9.17) is 28.5 Å². The Bertz CT molecular complexity index is 637. The van der Waals surface area contributed by atoms with E-state index in [1.54, 1.807) is 29.2 Å². The first-order chi connectivity index (χ1) is 10.5. The van der Waals surface area contributed by atoms with Gasteiger partial charge in [0.15, 0.2) is 0 Å². The van der Waals surface area contributed by atoms with Crippen LogP contribution < -0.4 is 5.32 Å². The van der Waals surface area contributed by atoms with Crippen LogP contribution in [0, 0.1) is 11.3 Å². The molecule has 6 heteroatoms. The zero-order chi connectivity index (χ0) is 16.5. The van der Waals surface area contributed by atoms with Gasteiger partial charge in [-0.2, -0.15) is 5.26 Å². The van der Waals surface area contributed by atoms with E-state index in [-0.39, 0.29) is 5.57 Å². The van der Waals surface area contributed by atoms with Crippen molar-refractivity contribution in [2.24, 2.45) is 0 Å². The summed E-state index contributed by atoms with van der Waals surface area (Å²) in [6, 6.07) is 6.56. The average molecular weight is 336 g/mol. The van der Waals surface area contributed by atoms with Crippen molar-refractivity contribution < 1.29 is 4.79 Å².